The van der Waals surface area contributed by atoms with E-state index in [2.05, 4.69) is 175 Å². The molecule has 11 heteroatoms. The van der Waals surface area contributed by atoms with Crippen molar-refractivity contribution < 1.29 is 0 Å². The van der Waals surface area contributed by atoms with Crippen LogP contribution in [0.5, 0.6) is 0 Å². The molecule has 0 N–H and O–H groups in total. The van der Waals surface area contributed by atoms with E-state index in [1.807, 2.05) is 30.3 Å². The summed E-state index contributed by atoms with van der Waals surface area (Å²) in [4.78, 5) is 0. The van der Waals surface area contributed by atoms with Crippen LogP contribution in [0, 0.1) is 0 Å². The summed E-state index contributed by atoms with van der Waals surface area (Å²) in [6, 6.07) is 9.96. The van der Waals surface area contributed by atoms with Crippen LogP contribution in [0.1, 0.15) is 5.56 Å². The van der Waals surface area contributed by atoms with E-state index in [9.17, 15) is 0 Å². The molecular formula is C11H5Br11. The van der Waals surface area contributed by atoms with Gasteiger partial charge in [0.15, 0.2) is 4.29 Å². The summed E-state index contributed by atoms with van der Waals surface area (Å²) in [5, 5.41) is 0. The van der Waals surface area contributed by atoms with Crippen LogP contribution < -0.4 is 0 Å². The van der Waals surface area contributed by atoms with Gasteiger partial charge in [0.1, 0.15) is 10.8 Å². The third-order valence-corrected chi connectivity index (χ3v) is 19.0. The van der Waals surface area contributed by atoms with Crippen molar-refractivity contribution in [2.24, 2.45) is 0 Å². The molecule has 0 aromatic heterocycles. The van der Waals surface area contributed by atoms with Gasteiger partial charge in [0.25, 0.3) is 0 Å². The number of hydrogen-bond acceptors (Lipinski definition) is 0. The Hall–Kier alpha value is 4.50. The molecule has 0 nitrogen and oxygen atoms in total. The summed E-state index contributed by atoms with van der Waals surface area (Å²) in [6.07, 6.45) is 0. The highest BCUT2D eigenvalue weighted by Gasteiger charge is 2.72. The van der Waals surface area contributed by atoms with Crippen molar-refractivity contribution in [3.05, 3.63) is 35.9 Å². The minimum absolute atomic E-state index is 0.682. The SMILES string of the molecule is BrC(Br)(Br)C(Br)(C(Br)(Br)Br)C(Br)(Br)C(Br)(Br)c1ccccc1. The Balaban J connectivity index is 3.60. The number of hydrogen-bond donors (Lipinski definition) is 0. The molecule has 0 bridgehead atoms. The lowest BCUT2D eigenvalue weighted by Gasteiger charge is -2.54. The first-order valence-corrected chi connectivity index (χ1v) is 14.0. The molecule has 0 spiro atoms. The fraction of sp³-hybridized carbons (Fsp3) is 0.455. The second kappa shape index (κ2) is 8.47. The predicted octanol–water partition coefficient (Wildman–Crippen LogP) is 9.93. The molecule has 0 saturated heterocycles. The van der Waals surface area contributed by atoms with E-state index < -0.39 is 15.1 Å². The third-order valence-electron chi connectivity index (χ3n) is 2.74. The molecule has 0 radical (unpaired) electrons. The Morgan fingerprint density at radius 2 is 0.909 bits per heavy atom. The van der Waals surface area contributed by atoms with Crippen molar-refractivity contribution in [2.75, 3.05) is 0 Å². The summed E-state index contributed by atoms with van der Waals surface area (Å²) in [5.41, 5.74) is 1.01. The van der Waals surface area contributed by atoms with E-state index in [4.69, 9.17) is 0 Å². The van der Waals surface area contributed by atoms with Gasteiger partial charge >= 0.3 is 0 Å². The zero-order chi connectivity index (χ0) is 17.6. The van der Waals surface area contributed by atoms with Gasteiger partial charge in [-0.3, -0.25) is 0 Å². The van der Waals surface area contributed by atoms with Gasteiger partial charge in [0.2, 0.25) is 0 Å². The van der Waals surface area contributed by atoms with Gasteiger partial charge < -0.3 is 0 Å². The highest BCUT2D eigenvalue weighted by molar-refractivity contribution is 9.42. The molecule has 1 aromatic carbocycles. The first-order valence-electron chi connectivity index (χ1n) is 5.24. The van der Waals surface area contributed by atoms with Crippen molar-refractivity contribution in [2.45, 2.75) is 15.1 Å². The molecule has 1 aromatic rings. The monoisotopic (exact) mass is 1010 g/mol. The van der Waals surface area contributed by atoms with Gasteiger partial charge in [-0.15, -0.1) is 0 Å². The van der Waals surface area contributed by atoms with E-state index >= 15 is 0 Å². The Morgan fingerprint density at radius 3 is 1.23 bits per heavy atom. The van der Waals surface area contributed by atoms with Crippen molar-refractivity contribution in [1.82, 2.24) is 0 Å². The summed E-state index contributed by atoms with van der Waals surface area (Å²) in [5.74, 6) is 0. The minimum atomic E-state index is -0.789. The van der Waals surface area contributed by atoms with E-state index in [-0.39, 0.29) is 0 Å². The van der Waals surface area contributed by atoms with E-state index in [0.29, 0.717) is 0 Å². The van der Waals surface area contributed by atoms with Gasteiger partial charge in [-0.2, -0.15) is 0 Å². The predicted molar refractivity (Wildman–Crippen MR) is 137 cm³/mol. The highest BCUT2D eigenvalue weighted by Crippen LogP contribution is 2.74. The maximum atomic E-state index is 3.85. The third kappa shape index (κ3) is 4.56. The average Bonchev–Trinajstić information content (AvgIpc) is 2.35. The maximum absolute atomic E-state index is 3.85. The number of halogens is 11. The minimum Gasteiger partial charge on any atom is -0.0758 e. The van der Waals surface area contributed by atoms with Crippen LogP contribution in [0.2, 0.25) is 0 Å². The number of benzene rings is 1. The van der Waals surface area contributed by atoms with Crippen LogP contribution in [0.15, 0.2) is 30.3 Å². The number of alkyl halides is 11. The molecule has 0 heterocycles. The molecule has 0 fully saturated rings. The molecule has 0 aliphatic carbocycles. The molecule has 0 amide bonds. The van der Waals surface area contributed by atoms with Gasteiger partial charge in [-0.05, 0) is 5.56 Å². The maximum Gasteiger partial charge on any atom is 0.155 e. The normalized spacial score (nSPS) is 15.0. The summed E-state index contributed by atoms with van der Waals surface area (Å²) < 4.78 is -3.72. The molecule has 0 unspecified atom stereocenters. The fourth-order valence-electron chi connectivity index (χ4n) is 1.56. The van der Waals surface area contributed by atoms with Gasteiger partial charge in [-0.1, -0.05) is 206 Å². The highest BCUT2D eigenvalue weighted by atomic mass is 80.0. The average molecular weight is 1020 g/mol. The van der Waals surface area contributed by atoms with Gasteiger partial charge in [0.05, 0.1) is 0 Å². The Morgan fingerprint density at radius 1 is 0.545 bits per heavy atom. The van der Waals surface area contributed by atoms with E-state index in [0.717, 1.165) is 5.56 Å². The lowest BCUT2D eigenvalue weighted by Crippen LogP contribution is -2.62. The van der Waals surface area contributed by atoms with Crippen LogP contribution in [0.3, 0.4) is 0 Å². The zero-order valence-electron chi connectivity index (χ0n) is 10.0. The Labute approximate surface area is 222 Å². The zero-order valence-corrected chi connectivity index (χ0v) is 27.5. The second-order valence-corrected chi connectivity index (χ2v) is 25.8. The molecule has 0 aliphatic heterocycles. The molecule has 0 saturated carbocycles. The van der Waals surface area contributed by atoms with Crippen molar-refractivity contribution >= 4 is 175 Å². The van der Waals surface area contributed by atoms with E-state index in [1.54, 1.807) is 0 Å². The van der Waals surface area contributed by atoms with E-state index in [1.165, 1.54) is 0 Å². The Bertz CT molecular complexity index is 497. The summed E-state index contributed by atoms with van der Waals surface area (Å²) in [7, 11) is 0. The fourth-order valence-corrected chi connectivity index (χ4v) is 14.3. The van der Waals surface area contributed by atoms with Crippen molar-refractivity contribution in [1.29, 1.82) is 0 Å². The Kier molecular flexibility index (Phi) is 9.45. The van der Waals surface area contributed by atoms with Crippen LogP contribution in [-0.4, -0.2) is 11.8 Å². The quantitative estimate of drug-likeness (QED) is 0.265. The molecule has 126 valence electrons. The lowest BCUT2D eigenvalue weighted by molar-refractivity contribution is 0.600. The largest absolute Gasteiger partial charge is 0.155 e. The van der Waals surface area contributed by atoms with Gasteiger partial charge in [0, 0.05) is 0 Å². The molecule has 1 rings (SSSR count). The molecular weight excluding hydrogens is 1010 g/mol. The molecule has 22 heavy (non-hydrogen) atoms. The first-order chi connectivity index (χ1) is 9.61. The molecule has 0 atom stereocenters. The first kappa shape index (κ1) is 24.5. The standard InChI is InChI=1S/C11H5Br11/c12-7(13,6-4-2-1-3-5-6)9(15,16)8(14,10(17,18)19)11(20,21)22/h1-5H. The van der Waals surface area contributed by atoms with Crippen LogP contribution in [0.25, 0.3) is 0 Å². The topological polar surface area (TPSA) is 0 Å². The number of rotatable bonds is 3. The molecule has 0 aliphatic rings. The van der Waals surface area contributed by atoms with Crippen LogP contribution in [0.4, 0.5) is 0 Å². The van der Waals surface area contributed by atoms with Crippen LogP contribution in [-0.2, 0) is 3.23 Å². The lowest BCUT2D eigenvalue weighted by atomic mass is 10.0. The van der Waals surface area contributed by atoms with Crippen LogP contribution >= 0.6 is 175 Å². The van der Waals surface area contributed by atoms with Crippen molar-refractivity contribution in [3.63, 3.8) is 0 Å². The summed E-state index contributed by atoms with van der Waals surface area (Å²) in [6.45, 7) is 0. The van der Waals surface area contributed by atoms with Crippen molar-refractivity contribution in [3.8, 4) is 0 Å². The summed E-state index contributed by atoms with van der Waals surface area (Å²) >= 11 is 40.9. The van der Waals surface area contributed by atoms with Gasteiger partial charge in [-0.25, -0.2) is 0 Å². The second-order valence-electron chi connectivity index (χ2n) is 4.17. The smallest absolute Gasteiger partial charge is 0.0758 e.